The summed E-state index contributed by atoms with van der Waals surface area (Å²) < 4.78 is 60.3. The van der Waals surface area contributed by atoms with Crippen LogP contribution >= 0.6 is 0 Å². The molecule has 1 fully saturated rings. The van der Waals surface area contributed by atoms with Crippen molar-refractivity contribution >= 4 is 5.91 Å². The Labute approximate surface area is 188 Å². The summed E-state index contributed by atoms with van der Waals surface area (Å²) in [6, 6.07) is 10.6. The largest absolute Gasteiger partial charge is 0.416 e. The molecule has 5 nitrogen and oxygen atoms in total. The number of halogens is 4. The Morgan fingerprint density at radius 2 is 2.00 bits per heavy atom. The van der Waals surface area contributed by atoms with Gasteiger partial charge in [-0.25, -0.2) is 9.37 Å². The molecule has 1 aromatic heterocycles. The minimum atomic E-state index is -4.43. The number of nitrogens with zero attached hydrogens (tertiary/aromatic N) is 3. The van der Waals surface area contributed by atoms with E-state index in [4.69, 9.17) is 4.74 Å². The molecule has 4 rings (SSSR count). The standard InChI is InChI=1S/C24H23F4N3O2/c25-20-7-2-5-18(13-20)23(32)31(15-21-8-3-11-33-21)16-22-29-9-10-30(22)14-17-4-1-6-19(12-17)24(26,27)28/h1-2,4-7,9-10,12-13,21H,3,8,11,14-16H2. The van der Waals surface area contributed by atoms with Crippen LogP contribution in [-0.2, 0) is 24.0 Å². The molecule has 9 heteroatoms. The molecule has 2 heterocycles. The molecular formula is C24H23F4N3O2. The van der Waals surface area contributed by atoms with Crippen molar-refractivity contribution in [2.75, 3.05) is 13.2 Å². The molecule has 1 amide bonds. The fraction of sp³-hybridized carbons (Fsp3) is 0.333. The number of rotatable bonds is 7. The molecule has 0 radical (unpaired) electrons. The Morgan fingerprint density at radius 1 is 1.18 bits per heavy atom. The zero-order valence-corrected chi connectivity index (χ0v) is 17.8. The maximum atomic E-state index is 13.7. The van der Waals surface area contributed by atoms with Crippen molar-refractivity contribution in [1.29, 1.82) is 0 Å². The third-order valence-electron chi connectivity index (χ3n) is 5.55. The highest BCUT2D eigenvalue weighted by Crippen LogP contribution is 2.29. The molecule has 3 aromatic rings. The quantitative estimate of drug-likeness (QED) is 0.470. The second kappa shape index (κ2) is 9.74. The van der Waals surface area contributed by atoms with E-state index in [-0.39, 0.29) is 30.7 Å². The number of benzene rings is 2. The smallest absolute Gasteiger partial charge is 0.376 e. The van der Waals surface area contributed by atoms with E-state index in [1.165, 1.54) is 24.3 Å². The predicted octanol–water partition coefficient (Wildman–Crippen LogP) is 4.91. The van der Waals surface area contributed by atoms with Gasteiger partial charge in [-0.1, -0.05) is 18.2 Å². The lowest BCUT2D eigenvalue weighted by Crippen LogP contribution is -2.37. The van der Waals surface area contributed by atoms with Gasteiger partial charge in [0.05, 0.1) is 18.2 Å². The number of hydrogen-bond acceptors (Lipinski definition) is 3. The van der Waals surface area contributed by atoms with Gasteiger partial charge in [-0.2, -0.15) is 13.2 Å². The molecular weight excluding hydrogens is 438 g/mol. The molecule has 2 aromatic carbocycles. The van der Waals surface area contributed by atoms with E-state index in [2.05, 4.69) is 4.98 Å². The lowest BCUT2D eigenvalue weighted by Gasteiger charge is -2.26. The zero-order chi connectivity index (χ0) is 23.4. The molecule has 1 aliphatic rings. The summed E-state index contributed by atoms with van der Waals surface area (Å²) in [6.07, 6.45) is 0.354. The first-order valence-corrected chi connectivity index (χ1v) is 10.6. The van der Waals surface area contributed by atoms with Gasteiger partial charge in [0.15, 0.2) is 0 Å². The summed E-state index contributed by atoms with van der Waals surface area (Å²) in [4.78, 5) is 19.1. The van der Waals surface area contributed by atoms with Crippen LogP contribution in [0.25, 0.3) is 0 Å². The number of carbonyl (C=O) groups is 1. The Kier molecular flexibility index (Phi) is 6.78. The Morgan fingerprint density at radius 3 is 2.73 bits per heavy atom. The number of carbonyl (C=O) groups excluding carboxylic acids is 1. The summed E-state index contributed by atoms with van der Waals surface area (Å²) in [7, 11) is 0. The summed E-state index contributed by atoms with van der Waals surface area (Å²) in [5, 5.41) is 0. The zero-order valence-electron chi connectivity index (χ0n) is 17.8. The first-order valence-electron chi connectivity index (χ1n) is 10.6. The van der Waals surface area contributed by atoms with Crippen LogP contribution in [0.4, 0.5) is 17.6 Å². The molecule has 1 saturated heterocycles. The lowest BCUT2D eigenvalue weighted by atomic mass is 10.1. The molecule has 1 aliphatic heterocycles. The third kappa shape index (κ3) is 5.78. The normalized spacial score (nSPS) is 16.2. The van der Waals surface area contributed by atoms with Crippen LogP contribution in [0.15, 0.2) is 60.9 Å². The molecule has 0 aliphatic carbocycles. The van der Waals surface area contributed by atoms with Crippen molar-refractivity contribution in [3.05, 3.63) is 89.3 Å². The van der Waals surface area contributed by atoms with E-state index in [0.29, 0.717) is 24.5 Å². The molecule has 0 saturated carbocycles. The molecule has 0 spiro atoms. The van der Waals surface area contributed by atoms with E-state index in [0.717, 1.165) is 25.0 Å². The van der Waals surface area contributed by atoms with E-state index in [1.54, 1.807) is 34.0 Å². The van der Waals surface area contributed by atoms with Crippen LogP contribution in [0.5, 0.6) is 0 Å². The number of hydrogen-bond donors (Lipinski definition) is 0. The second-order valence-corrected chi connectivity index (χ2v) is 8.00. The fourth-order valence-corrected chi connectivity index (χ4v) is 3.91. The fourth-order valence-electron chi connectivity index (χ4n) is 3.91. The van der Waals surface area contributed by atoms with Crippen LogP contribution < -0.4 is 0 Å². The molecule has 0 bridgehead atoms. The summed E-state index contributed by atoms with van der Waals surface area (Å²) in [5.74, 6) is -0.363. The van der Waals surface area contributed by atoms with Crippen LogP contribution in [0.3, 0.4) is 0 Å². The van der Waals surface area contributed by atoms with Crippen LogP contribution in [0.2, 0.25) is 0 Å². The molecule has 174 valence electrons. The van der Waals surface area contributed by atoms with Gasteiger partial charge in [0.2, 0.25) is 0 Å². The number of alkyl halides is 3. The van der Waals surface area contributed by atoms with Crippen molar-refractivity contribution < 1.29 is 27.1 Å². The van der Waals surface area contributed by atoms with E-state index in [1.807, 2.05) is 0 Å². The van der Waals surface area contributed by atoms with Crippen molar-refractivity contribution in [1.82, 2.24) is 14.5 Å². The van der Waals surface area contributed by atoms with Gasteiger partial charge in [-0.05, 0) is 48.7 Å². The highest BCUT2D eigenvalue weighted by Gasteiger charge is 2.30. The topological polar surface area (TPSA) is 47.4 Å². The van der Waals surface area contributed by atoms with Crippen LogP contribution in [0, 0.1) is 5.82 Å². The van der Waals surface area contributed by atoms with Gasteiger partial charge in [0.25, 0.3) is 5.91 Å². The Hall–Kier alpha value is -3.20. The monoisotopic (exact) mass is 461 g/mol. The van der Waals surface area contributed by atoms with Crippen molar-refractivity contribution in [3.63, 3.8) is 0 Å². The second-order valence-electron chi connectivity index (χ2n) is 8.00. The van der Waals surface area contributed by atoms with Gasteiger partial charge in [-0.3, -0.25) is 4.79 Å². The van der Waals surface area contributed by atoms with Crippen molar-refractivity contribution in [3.8, 4) is 0 Å². The van der Waals surface area contributed by atoms with Gasteiger partial charge in [-0.15, -0.1) is 0 Å². The summed E-state index contributed by atoms with van der Waals surface area (Å²) in [5.41, 5.74) is -0.0434. The number of ether oxygens (including phenoxy) is 1. The Balaban J connectivity index is 1.56. The van der Waals surface area contributed by atoms with Crippen LogP contribution in [0.1, 0.15) is 40.2 Å². The van der Waals surface area contributed by atoms with E-state index < -0.39 is 17.6 Å². The molecule has 1 atom stereocenters. The predicted molar refractivity (Wildman–Crippen MR) is 113 cm³/mol. The third-order valence-corrected chi connectivity index (χ3v) is 5.55. The van der Waals surface area contributed by atoms with Crippen molar-refractivity contribution in [2.24, 2.45) is 0 Å². The minimum absolute atomic E-state index is 0.112. The van der Waals surface area contributed by atoms with Gasteiger partial charge in [0, 0.05) is 37.7 Å². The highest BCUT2D eigenvalue weighted by atomic mass is 19.4. The molecule has 33 heavy (non-hydrogen) atoms. The van der Waals surface area contributed by atoms with Gasteiger partial charge >= 0.3 is 6.18 Å². The lowest BCUT2D eigenvalue weighted by molar-refractivity contribution is -0.137. The van der Waals surface area contributed by atoms with Gasteiger partial charge < -0.3 is 14.2 Å². The average Bonchev–Trinajstić information content (AvgIpc) is 3.45. The number of imidazole rings is 1. The first kappa shape index (κ1) is 23.0. The number of amides is 1. The highest BCUT2D eigenvalue weighted by molar-refractivity contribution is 5.94. The molecule has 0 N–H and O–H groups in total. The molecule has 1 unspecified atom stereocenters. The maximum absolute atomic E-state index is 13.7. The summed E-state index contributed by atoms with van der Waals surface area (Å²) in [6.45, 7) is 1.21. The van der Waals surface area contributed by atoms with E-state index in [9.17, 15) is 22.4 Å². The summed E-state index contributed by atoms with van der Waals surface area (Å²) >= 11 is 0. The van der Waals surface area contributed by atoms with Crippen LogP contribution in [-0.4, -0.2) is 39.6 Å². The SMILES string of the molecule is O=C(c1cccc(F)c1)N(Cc1nccn1Cc1cccc(C(F)(F)F)c1)CC1CCCO1. The van der Waals surface area contributed by atoms with Gasteiger partial charge in [0.1, 0.15) is 11.6 Å². The minimum Gasteiger partial charge on any atom is -0.376 e. The maximum Gasteiger partial charge on any atom is 0.416 e. The average molecular weight is 461 g/mol. The first-order chi connectivity index (χ1) is 15.8. The van der Waals surface area contributed by atoms with Crippen molar-refractivity contribution in [2.45, 2.75) is 38.2 Å². The number of aromatic nitrogens is 2. The van der Waals surface area contributed by atoms with E-state index >= 15 is 0 Å². The Bertz CT molecular complexity index is 1110.